The van der Waals surface area contributed by atoms with Crippen molar-refractivity contribution in [1.29, 1.82) is 0 Å². The molecule has 0 aliphatic carbocycles. The maximum absolute atomic E-state index is 14.0. The number of benzene rings is 3. The highest BCUT2D eigenvalue weighted by atomic mass is 79.9. The minimum absolute atomic E-state index is 0.138. The summed E-state index contributed by atoms with van der Waals surface area (Å²) >= 11 is 3.67. The van der Waals surface area contributed by atoms with Crippen molar-refractivity contribution in [2.24, 2.45) is 0 Å². The number of hydrogen-bond donors (Lipinski definition) is 2. The van der Waals surface area contributed by atoms with Crippen LogP contribution in [0.15, 0.2) is 71.3 Å². The fourth-order valence-corrected chi connectivity index (χ4v) is 5.36. The molecule has 1 aliphatic rings. The smallest absolute Gasteiger partial charge is 0.214 e. The van der Waals surface area contributed by atoms with E-state index in [0.717, 1.165) is 39.7 Å². The van der Waals surface area contributed by atoms with Crippen molar-refractivity contribution in [3.05, 3.63) is 94.0 Å². The third-order valence-corrected chi connectivity index (χ3v) is 7.43. The zero-order valence-corrected chi connectivity index (χ0v) is 22.7. The van der Waals surface area contributed by atoms with Crippen LogP contribution in [0.1, 0.15) is 21.6 Å². The fraction of sp³-hybridized carbons (Fsp3) is 0.172. The van der Waals surface area contributed by atoms with E-state index in [2.05, 4.69) is 37.0 Å². The maximum Gasteiger partial charge on any atom is 0.214 e. The van der Waals surface area contributed by atoms with Crippen LogP contribution >= 0.6 is 15.9 Å². The Bertz CT molecular complexity index is 1710. The first-order chi connectivity index (χ1) is 18.9. The molecule has 5 aromatic rings. The van der Waals surface area contributed by atoms with Gasteiger partial charge in [-0.2, -0.15) is 5.10 Å². The molecule has 3 N–H and O–H groups in total. The summed E-state index contributed by atoms with van der Waals surface area (Å²) in [6.07, 6.45) is 1.47. The average molecular weight is 590 g/mol. The van der Waals surface area contributed by atoms with Crippen LogP contribution in [0, 0.1) is 12.7 Å². The van der Waals surface area contributed by atoms with Crippen LogP contribution in [0.5, 0.6) is 11.5 Å². The minimum atomic E-state index is -0.444. The Hall–Kier alpha value is -4.15. The number of hydrogen-bond acceptors (Lipinski definition) is 6. The molecule has 198 valence electrons. The highest BCUT2D eigenvalue weighted by Gasteiger charge is 2.22. The third kappa shape index (κ3) is 4.77. The standard InChI is InChI=1S/C29H25BrFN5O3/c1-17-12-19(39-27-5-3-2-4-22(27)31)6-7-25(17)36-29(32)20(16-33-36)28(37)24-13-18-14-26(21(30)15-23(18)34-24)35-8-10-38-11-9-35/h2-7,12-16,34H,8-11,32H2,1H3. The molecule has 0 spiro atoms. The van der Waals surface area contributed by atoms with E-state index in [1.54, 1.807) is 36.4 Å². The van der Waals surface area contributed by atoms with Crippen LogP contribution in [-0.2, 0) is 4.74 Å². The highest BCUT2D eigenvalue weighted by Crippen LogP contribution is 2.33. The third-order valence-electron chi connectivity index (χ3n) is 6.80. The number of aromatic amines is 1. The molecule has 2 aromatic heterocycles. The van der Waals surface area contributed by atoms with Crippen LogP contribution in [0.4, 0.5) is 15.9 Å². The van der Waals surface area contributed by atoms with Crippen LogP contribution in [0.3, 0.4) is 0 Å². The lowest BCUT2D eigenvalue weighted by molar-refractivity contribution is 0.103. The lowest BCUT2D eigenvalue weighted by atomic mass is 10.1. The van der Waals surface area contributed by atoms with Crippen molar-refractivity contribution < 1.29 is 18.7 Å². The molecule has 0 bridgehead atoms. The number of morpholine rings is 1. The maximum atomic E-state index is 14.0. The van der Waals surface area contributed by atoms with Gasteiger partial charge in [-0.25, -0.2) is 9.07 Å². The topological polar surface area (TPSA) is 98.4 Å². The van der Waals surface area contributed by atoms with E-state index in [-0.39, 0.29) is 17.4 Å². The van der Waals surface area contributed by atoms with Gasteiger partial charge in [0, 0.05) is 28.5 Å². The number of H-pyrrole nitrogens is 1. The Balaban J connectivity index is 1.27. The number of para-hydroxylation sites is 1. The number of carbonyl (C=O) groups is 1. The summed E-state index contributed by atoms with van der Waals surface area (Å²) in [5, 5.41) is 5.32. The SMILES string of the molecule is Cc1cc(Oc2ccccc2F)ccc1-n1ncc(C(=O)c2cc3cc(N4CCOCC4)c(Br)cc3[nH]2)c1N. The Labute approximate surface area is 232 Å². The zero-order valence-electron chi connectivity index (χ0n) is 21.1. The number of aryl methyl sites for hydroxylation is 1. The van der Waals surface area contributed by atoms with Crippen molar-refractivity contribution in [2.45, 2.75) is 6.92 Å². The zero-order chi connectivity index (χ0) is 27.1. The molecule has 10 heteroatoms. The quantitative estimate of drug-likeness (QED) is 0.235. The first-order valence-corrected chi connectivity index (χ1v) is 13.2. The Morgan fingerprint density at radius 3 is 2.67 bits per heavy atom. The van der Waals surface area contributed by atoms with Crippen molar-refractivity contribution in [3.63, 3.8) is 0 Å². The summed E-state index contributed by atoms with van der Waals surface area (Å²) in [4.78, 5) is 19.0. The lowest BCUT2D eigenvalue weighted by Gasteiger charge is -2.29. The van der Waals surface area contributed by atoms with Gasteiger partial charge in [0.2, 0.25) is 5.78 Å². The molecule has 1 aliphatic heterocycles. The van der Waals surface area contributed by atoms with E-state index in [1.807, 2.05) is 19.1 Å². The van der Waals surface area contributed by atoms with Gasteiger partial charge in [-0.3, -0.25) is 4.79 Å². The lowest BCUT2D eigenvalue weighted by Crippen LogP contribution is -2.36. The number of fused-ring (bicyclic) bond motifs is 1. The van der Waals surface area contributed by atoms with Crippen molar-refractivity contribution in [2.75, 3.05) is 36.9 Å². The normalized spacial score (nSPS) is 13.7. The number of ether oxygens (including phenoxy) is 2. The van der Waals surface area contributed by atoms with Gasteiger partial charge in [0.1, 0.15) is 11.6 Å². The fourth-order valence-electron chi connectivity index (χ4n) is 4.76. The van der Waals surface area contributed by atoms with Gasteiger partial charge in [0.05, 0.1) is 42.0 Å². The van der Waals surface area contributed by atoms with Crippen LogP contribution in [0.25, 0.3) is 16.6 Å². The number of carbonyl (C=O) groups excluding carboxylic acids is 1. The minimum Gasteiger partial charge on any atom is -0.454 e. The molecule has 0 unspecified atom stereocenters. The Morgan fingerprint density at radius 1 is 1.10 bits per heavy atom. The summed E-state index contributed by atoms with van der Waals surface area (Å²) in [6.45, 7) is 4.86. The van der Waals surface area contributed by atoms with Gasteiger partial charge < -0.3 is 25.1 Å². The van der Waals surface area contributed by atoms with E-state index in [9.17, 15) is 9.18 Å². The molecule has 3 aromatic carbocycles. The predicted molar refractivity (Wildman–Crippen MR) is 152 cm³/mol. The van der Waals surface area contributed by atoms with E-state index >= 15 is 0 Å². The van der Waals surface area contributed by atoms with Crippen molar-refractivity contribution in [3.8, 4) is 17.2 Å². The van der Waals surface area contributed by atoms with Gasteiger partial charge in [-0.15, -0.1) is 0 Å². The van der Waals surface area contributed by atoms with Crippen LogP contribution < -0.4 is 15.4 Å². The molecule has 1 fully saturated rings. The van der Waals surface area contributed by atoms with Gasteiger partial charge in [0.15, 0.2) is 11.6 Å². The van der Waals surface area contributed by atoms with Crippen molar-refractivity contribution >= 4 is 44.1 Å². The molecular weight excluding hydrogens is 565 g/mol. The summed E-state index contributed by atoms with van der Waals surface area (Å²) < 4.78 is 27.6. The Morgan fingerprint density at radius 2 is 1.90 bits per heavy atom. The molecule has 0 amide bonds. The second-order valence-corrected chi connectivity index (χ2v) is 10.2. The molecule has 39 heavy (non-hydrogen) atoms. The second kappa shape index (κ2) is 10.2. The number of nitrogens with one attached hydrogen (secondary N) is 1. The van der Waals surface area contributed by atoms with Crippen molar-refractivity contribution in [1.82, 2.24) is 14.8 Å². The van der Waals surface area contributed by atoms with E-state index in [4.69, 9.17) is 15.2 Å². The first kappa shape index (κ1) is 25.1. The first-order valence-electron chi connectivity index (χ1n) is 12.5. The summed E-state index contributed by atoms with van der Waals surface area (Å²) in [6, 6.07) is 17.4. The van der Waals surface area contributed by atoms with Crippen LogP contribution in [0.2, 0.25) is 0 Å². The number of ketones is 1. The molecule has 0 radical (unpaired) electrons. The summed E-state index contributed by atoms with van der Waals surface area (Å²) in [5.74, 6) is 0.138. The van der Waals surface area contributed by atoms with Gasteiger partial charge in [0.25, 0.3) is 0 Å². The predicted octanol–water partition coefficient (Wildman–Crippen LogP) is 6.01. The molecular formula is C29H25BrFN5O3. The van der Waals surface area contributed by atoms with E-state index in [0.29, 0.717) is 35.9 Å². The average Bonchev–Trinajstić information content (AvgIpc) is 3.53. The van der Waals surface area contributed by atoms with Gasteiger partial charge >= 0.3 is 0 Å². The largest absolute Gasteiger partial charge is 0.454 e. The molecule has 0 atom stereocenters. The van der Waals surface area contributed by atoms with Crippen LogP contribution in [-0.4, -0.2) is 46.9 Å². The molecule has 0 saturated carbocycles. The number of aromatic nitrogens is 3. The molecule has 8 nitrogen and oxygen atoms in total. The summed E-state index contributed by atoms with van der Waals surface area (Å²) in [7, 11) is 0. The molecule has 3 heterocycles. The van der Waals surface area contributed by atoms with Gasteiger partial charge in [-0.1, -0.05) is 12.1 Å². The summed E-state index contributed by atoms with van der Waals surface area (Å²) in [5.41, 5.74) is 10.5. The Kier molecular flexibility index (Phi) is 6.58. The molecule has 1 saturated heterocycles. The number of nitrogen functional groups attached to an aromatic ring is 1. The number of nitrogens with zero attached hydrogens (tertiary/aromatic N) is 3. The monoisotopic (exact) mass is 589 g/mol. The number of nitrogens with two attached hydrogens (primary N) is 1. The highest BCUT2D eigenvalue weighted by molar-refractivity contribution is 9.10. The van der Waals surface area contributed by atoms with Gasteiger partial charge in [-0.05, 0) is 76.9 Å². The van der Waals surface area contributed by atoms with E-state index in [1.165, 1.54) is 16.9 Å². The molecule has 6 rings (SSSR count). The second-order valence-electron chi connectivity index (χ2n) is 9.34. The number of anilines is 2. The number of rotatable bonds is 6. The number of halogens is 2. The van der Waals surface area contributed by atoms with E-state index < -0.39 is 5.82 Å².